The molecule has 0 aromatic carbocycles. The third-order valence-corrected chi connectivity index (χ3v) is 3.36. The minimum absolute atomic E-state index is 0.788. The zero-order chi connectivity index (χ0) is 9.68. The van der Waals surface area contributed by atoms with Crippen LogP contribution in [-0.2, 0) is 0 Å². The Morgan fingerprint density at radius 1 is 1.38 bits per heavy atom. The smallest absolute Gasteiger partial charge is 0.00643 e. The summed E-state index contributed by atoms with van der Waals surface area (Å²) in [4.78, 5) is 2.63. The van der Waals surface area contributed by atoms with Crippen LogP contribution in [0, 0.1) is 5.92 Å². The van der Waals surface area contributed by atoms with Crippen LogP contribution >= 0.6 is 0 Å². The van der Waals surface area contributed by atoms with Crippen LogP contribution in [0.5, 0.6) is 0 Å². The maximum absolute atomic E-state index is 3.28. The van der Waals surface area contributed by atoms with Gasteiger partial charge in [-0.1, -0.05) is 6.92 Å². The highest BCUT2D eigenvalue weighted by molar-refractivity contribution is 4.76. The Kier molecular flexibility index (Phi) is 4.74. The van der Waals surface area contributed by atoms with E-state index in [0.29, 0.717) is 0 Å². The zero-order valence-electron chi connectivity index (χ0n) is 9.34. The van der Waals surface area contributed by atoms with Crippen molar-refractivity contribution in [1.29, 1.82) is 0 Å². The summed E-state index contributed by atoms with van der Waals surface area (Å²) in [5, 5.41) is 3.28. The number of nitrogens with one attached hydrogen (secondary N) is 1. The maximum atomic E-state index is 3.28. The molecule has 0 aromatic rings. The summed E-state index contributed by atoms with van der Waals surface area (Å²) in [6.07, 6.45) is 4.05. The van der Waals surface area contributed by atoms with E-state index < -0.39 is 0 Å². The van der Waals surface area contributed by atoms with Gasteiger partial charge in [-0.3, -0.25) is 0 Å². The van der Waals surface area contributed by atoms with Crippen molar-refractivity contribution < 1.29 is 0 Å². The van der Waals surface area contributed by atoms with Crippen molar-refractivity contribution in [2.75, 3.05) is 26.7 Å². The summed E-state index contributed by atoms with van der Waals surface area (Å²) in [6.45, 7) is 8.44. The zero-order valence-corrected chi connectivity index (χ0v) is 9.34. The molecule has 1 atom stereocenters. The van der Waals surface area contributed by atoms with Crippen LogP contribution in [0.15, 0.2) is 0 Å². The molecule has 2 heteroatoms. The van der Waals surface area contributed by atoms with Gasteiger partial charge < -0.3 is 10.2 Å². The number of hydrogen-bond acceptors (Lipinski definition) is 2. The van der Waals surface area contributed by atoms with Crippen LogP contribution in [0.2, 0.25) is 0 Å². The second kappa shape index (κ2) is 5.61. The summed E-state index contributed by atoms with van der Waals surface area (Å²) in [6, 6.07) is 0.788. The first-order valence-electron chi connectivity index (χ1n) is 5.66. The fraction of sp³-hybridized carbons (Fsp3) is 1.00. The molecule has 1 saturated heterocycles. The van der Waals surface area contributed by atoms with Crippen molar-refractivity contribution in [3.8, 4) is 0 Å². The summed E-state index contributed by atoms with van der Waals surface area (Å²) in [5.74, 6) is 0.922. The molecule has 0 bridgehead atoms. The van der Waals surface area contributed by atoms with Gasteiger partial charge in [0.1, 0.15) is 0 Å². The molecule has 1 heterocycles. The van der Waals surface area contributed by atoms with Crippen molar-refractivity contribution in [3.05, 3.63) is 0 Å². The molecule has 0 radical (unpaired) electrons. The molecule has 1 unspecified atom stereocenters. The Morgan fingerprint density at radius 2 is 2.00 bits per heavy atom. The summed E-state index contributed by atoms with van der Waals surface area (Å²) < 4.78 is 0. The minimum Gasteiger partial charge on any atom is -0.319 e. The molecule has 0 saturated carbocycles. The van der Waals surface area contributed by atoms with Gasteiger partial charge in [-0.2, -0.15) is 0 Å². The predicted octanol–water partition coefficient (Wildman–Crippen LogP) is 1.72. The first kappa shape index (κ1) is 11.0. The van der Waals surface area contributed by atoms with Gasteiger partial charge in [-0.05, 0) is 58.8 Å². The molecule has 2 nitrogen and oxygen atoms in total. The molecule has 13 heavy (non-hydrogen) atoms. The van der Waals surface area contributed by atoms with E-state index in [4.69, 9.17) is 0 Å². The van der Waals surface area contributed by atoms with Crippen LogP contribution in [0.25, 0.3) is 0 Å². The van der Waals surface area contributed by atoms with Crippen molar-refractivity contribution in [3.63, 3.8) is 0 Å². The average Bonchev–Trinajstić information content (AvgIpc) is 2.18. The average molecular weight is 184 g/mol. The van der Waals surface area contributed by atoms with Gasteiger partial charge >= 0.3 is 0 Å². The summed E-state index contributed by atoms with van der Waals surface area (Å²) >= 11 is 0. The highest BCUT2D eigenvalue weighted by atomic mass is 15.2. The maximum Gasteiger partial charge on any atom is 0.00643 e. The van der Waals surface area contributed by atoms with Crippen LogP contribution in [-0.4, -0.2) is 37.6 Å². The van der Waals surface area contributed by atoms with Gasteiger partial charge in [0, 0.05) is 6.04 Å². The molecule has 0 aromatic heterocycles. The van der Waals surface area contributed by atoms with Crippen LogP contribution in [0.4, 0.5) is 0 Å². The van der Waals surface area contributed by atoms with E-state index >= 15 is 0 Å². The molecular formula is C11H24N2. The van der Waals surface area contributed by atoms with E-state index in [9.17, 15) is 0 Å². The SMILES string of the molecule is CCC(C)N1CCC(CNC)CC1. The van der Waals surface area contributed by atoms with Crippen molar-refractivity contribution in [2.45, 2.75) is 39.2 Å². The fourth-order valence-corrected chi connectivity index (χ4v) is 2.14. The third kappa shape index (κ3) is 3.28. The topological polar surface area (TPSA) is 15.3 Å². The van der Waals surface area contributed by atoms with Crippen molar-refractivity contribution >= 4 is 0 Å². The fourth-order valence-electron chi connectivity index (χ4n) is 2.14. The monoisotopic (exact) mass is 184 g/mol. The number of piperidine rings is 1. The van der Waals surface area contributed by atoms with E-state index in [2.05, 4.69) is 31.1 Å². The quantitative estimate of drug-likeness (QED) is 0.715. The van der Waals surface area contributed by atoms with E-state index in [1.54, 1.807) is 0 Å². The standard InChI is InChI=1S/C11H24N2/c1-4-10(2)13-7-5-11(6-8-13)9-12-3/h10-12H,4-9H2,1-3H3. The first-order valence-corrected chi connectivity index (χ1v) is 5.66. The molecule has 1 fully saturated rings. The van der Waals surface area contributed by atoms with Gasteiger partial charge in [0.15, 0.2) is 0 Å². The molecule has 78 valence electrons. The van der Waals surface area contributed by atoms with Gasteiger partial charge in [-0.25, -0.2) is 0 Å². The number of nitrogens with zero attached hydrogens (tertiary/aromatic N) is 1. The van der Waals surface area contributed by atoms with Gasteiger partial charge in [0.2, 0.25) is 0 Å². The summed E-state index contributed by atoms with van der Waals surface area (Å²) in [7, 11) is 2.06. The molecular weight excluding hydrogens is 160 g/mol. The highest BCUT2D eigenvalue weighted by Gasteiger charge is 2.20. The minimum atomic E-state index is 0.788. The largest absolute Gasteiger partial charge is 0.319 e. The second-order valence-corrected chi connectivity index (χ2v) is 4.29. The molecule has 0 amide bonds. The van der Waals surface area contributed by atoms with Gasteiger partial charge in [-0.15, -0.1) is 0 Å². The lowest BCUT2D eigenvalue weighted by Gasteiger charge is -2.35. The van der Waals surface area contributed by atoms with E-state index in [-0.39, 0.29) is 0 Å². The predicted molar refractivity (Wildman–Crippen MR) is 58.0 cm³/mol. The van der Waals surface area contributed by atoms with Crippen molar-refractivity contribution in [1.82, 2.24) is 10.2 Å². The Hall–Kier alpha value is -0.0800. The first-order chi connectivity index (χ1) is 6.27. The van der Waals surface area contributed by atoms with Crippen LogP contribution in [0.1, 0.15) is 33.1 Å². The Morgan fingerprint density at radius 3 is 2.46 bits per heavy atom. The lowest BCUT2D eigenvalue weighted by molar-refractivity contribution is 0.138. The molecule has 1 rings (SSSR count). The second-order valence-electron chi connectivity index (χ2n) is 4.29. The number of rotatable bonds is 4. The third-order valence-electron chi connectivity index (χ3n) is 3.36. The summed E-state index contributed by atoms with van der Waals surface area (Å²) in [5.41, 5.74) is 0. The lowest BCUT2D eigenvalue weighted by Crippen LogP contribution is -2.41. The van der Waals surface area contributed by atoms with Crippen molar-refractivity contribution in [2.24, 2.45) is 5.92 Å². The van der Waals surface area contributed by atoms with Crippen LogP contribution < -0.4 is 5.32 Å². The molecule has 1 aliphatic heterocycles. The lowest BCUT2D eigenvalue weighted by atomic mass is 9.95. The Bertz CT molecular complexity index is 128. The Labute approximate surface area is 82.7 Å². The number of likely N-dealkylation sites (tertiary alicyclic amines) is 1. The van der Waals surface area contributed by atoms with E-state index in [1.807, 2.05) is 0 Å². The number of hydrogen-bond donors (Lipinski definition) is 1. The molecule has 0 spiro atoms. The Balaban J connectivity index is 2.22. The highest BCUT2D eigenvalue weighted by Crippen LogP contribution is 2.18. The molecule has 1 N–H and O–H groups in total. The van der Waals surface area contributed by atoms with E-state index in [0.717, 1.165) is 12.0 Å². The van der Waals surface area contributed by atoms with Crippen LogP contribution in [0.3, 0.4) is 0 Å². The molecule has 0 aliphatic carbocycles. The normalized spacial score (nSPS) is 23.3. The van der Waals surface area contributed by atoms with E-state index in [1.165, 1.54) is 38.9 Å². The van der Waals surface area contributed by atoms with Gasteiger partial charge in [0.25, 0.3) is 0 Å². The van der Waals surface area contributed by atoms with Gasteiger partial charge in [0.05, 0.1) is 0 Å². The molecule has 1 aliphatic rings.